The summed E-state index contributed by atoms with van der Waals surface area (Å²) in [6.45, 7) is 5.11. The summed E-state index contributed by atoms with van der Waals surface area (Å²) in [5.74, 6) is 0. The number of hydrogen-bond acceptors (Lipinski definition) is 4. The predicted octanol–water partition coefficient (Wildman–Crippen LogP) is 1.49. The smallest absolute Gasteiger partial charge is 0.384 e. The molecule has 15 heavy (non-hydrogen) atoms. The van der Waals surface area contributed by atoms with E-state index in [9.17, 15) is 0 Å². The Morgan fingerprint density at radius 3 is 1.93 bits per heavy atom. The van der Waals surface area contributed by atoms with Crippen molar-refractivity contribution >= 4 is 8.80 Å². The molecule has 0 saturated heterocycles. The van der Waals surface area contributed by atoms with Gasteiger partial charge in [-0.25, -0.2) is 0 Å². The Balaban J connectivity index is 0. The molecule has 0 spiro atoms. The first kappa shape index (κ1) is 18.5. The van der Waals surface area contributed by atoms with Crippen LogP contribution in [0.1, 0.15) is 12.8 Å². The molecule has 0 radical (unpaired) electrons. The Morgan fingerprint density at radius 2 is 1.53 bits per heavy atom. The number of rotatable bonds is 9. The van der Waals surface area contributed by atoms with Crippen molar-refractivity contribution < 1.29 is 50.7 Å². The fraction of sp³-hybridized carbons (Fsp3) is 0.889. The summed E-state index contributed by atoms with van der Waals surface area (Å²) in [5.41, 5.74) is 0. The van der Waals surface area contributed by atoms with Gasteiger partial charge in [-0.1, -0.05) is 0 Å². The minimum absolute atomic E-state index is 0. The van der Waals surface area contributed by atoms with E-state index >= 15 is 0 Å². The van der Waals surface area contributed by atoms with E-state index in [-0.39, 0.29) is 32.7 Å². The second kappa shape index (κ2) is 11.6. The molecule has 0 fully saturated rings. The van der Waals surface area contributed by atoms with Crippen LogP contribution in [0, 0.1) is 6.92 Å². The molecule has 0 aliphatic rings. The third kappa shape index (κ3) is 7.96. The molecule has 0 aromatic heterocycles. The zero-order valence-corrected chi connectivity index (χ0v) is 13.8. The average Bonchev–Trinajstić information content (AvgIpc) is 2.24. The van der Waals surface area contributed by atoms with Crippen molar-refractivity contribution in [3.05, 3.63) is 6.92 Å². The van der Waals surface area contributed by atoms with Crippen LogP contribution in [-0.2, 0) is 50.7 Å². The normalized spacial score (nSPS) is 11.2. The van der Waals surface area contributed by atoms with Gasteiger partial charge in [0.1, 0.15) is 0 Å². The first-order chi connectivity index (χ1) is 6.74. The van der Waals surface area contributed by atoms with Crippen LogP contribution in [-0.4, -0.2) is 43.3 Å². The van der Waals surface area contributed by atoms with Crippen LogP contribution < -0.4 is 0 Å². The maximum absolute atomic E-state index is 5.30. The zero-order chi connectivity index (χ0) is 10.9. The molecular formula is C9H21O4SiY+2. The van der Waals surface area contributed by atoms with Gasteiger partial charge in [0.05, 0.1) is 0 Å². The molecule has 0 unspecified atom stereocenters. The van der Waals surface area contributed by atoms with Gasteiger partial charge in [-0.05, 0) is 6.42 Å². The van der Waals surface area contributed by atoms with Gasteiger partial charge < -0.3 is 24.9 Å². The monoisotopic (exact) mass is 310 g/mol. The number of hydrogen-bond donors (Lipinski definition) is 0. The molecule has 0 aliphatic heterocycles. The summed E-state index contributed by atoms with van der Waals surface area (Å²) < 4.78 is 21.1. The summed E-state index contributed by atoms with van der Waals surface area (Å²) in [7, 11) is 2.49. The van der Waals surface area contributed by atoms with Crippen molar-refractivity contribution in [2.45, 2.75) is 18.9 Å². The van der Waals surface area contributed by atoms with Gasteiger partial charge >= 0.3 is 41.5 Å². The fourth-order valence-corrected chi connectivity index (χ4v) is 2.84. The van der Waals surface area contributed by atoms with Crippen LogP contribution in [0.2, 0.25) is 6.04 Å². The molecule has 0 N–H and O–H groups in total. The van der Waals surface area contributed by atoms with Crippen LogP contribution in [0.5, 0.6) is 0 Å². The molecule has 86 valence electrons. The van der Waals surface area contributed by atoms with E-state index in [1.165, 1.54) is 0 Å². The van der Waals surface area contributed by atoms with Crippen LogP contribution in [0.3, 0.4) is 0 Å². The largest absolute Gasteiger partial charge is 3.00 e. The molecule has 0 atom stereocenters. The Bertz CT molecular complexity index is 125. The van der Waals surface area contributed by atoms with Crippen LogP contribution >= 0.6 is 0 Å². The summed E-state index contributed by atoms with van der Waals surface area (Å²) in [4.78, 5) is 0. The van der Waals surface area contributed by atoms with Crippen LogP contribution in [0.4, 0.5) is 0 Å². The second-order valence-corrected chi connectivity index (χ2v) is 5.96. The van der Waals surface area contributed by atoms with E-state index in [2.05, 4.69) is 6.92 Å². The average molecular weight is 310 g/mol. The Morgan fingerprint density at radius 1 is 1.00 bits per heavy atom. The Kier molecular flexibility index (Phi) is 14.4. The van der Waals surface area contributed by atoms with Gasteiger partial charge in [0, 0.05) is 40.6 Å². The minimum Gasteiger partial charge on any atom is -0.384 e. The maximum Gasteiger partial charge on any atom is 3.00 e. The molecule has 0 heterocycles. The third-order valence-electron chi connectivity index (χ3n) is 1.99. The molecule has 0 saturated carbocycles. The molecule has 4 nitrogen and oxygen atoms in total. The van der Waals surface area contributed by atoms with E-state index < -0.39 is 8.80 Å². The first-order valence-electron chi connectivity index (χ1n) is 4.77. The molecule has 0 aromatic rings. The Labute approximate surface area is 119 Å². The van der Waals surface area contributed by atoms with E-state index in [1.54, 1.807) is 21.3 Å². The van der Waals surface area contributed by atoms with Gasteiger partial charge in [-0.15, -0.1) is 0 Å². The van der Waals surface area contributed by atoms with E-state index in [0.717, 1.165) is 18.9 Å². The van der Waals surface area contributed by atoms with Gasteiger partial charge in [-0.3, -0.25) is 0 Å². The SMILES string of the molecule is [CH2-]CCOCCC[Si](OC)(OC)OC.[Y+3]. The molecular weight excluding hydrogens is 289 g/mol. The summed E-state index contributed by atoms with van der Waals surface area (Å²) in [5, 5.41) is 0. The van der Waals surface area contributed by atoms with E-state index in [4.69, 9.17) is 18.0 Å². The summed E-state index contributed by atoms with van der Waals surface area (Å²) in [6, 6.07) is 0.785. The fourth-order valence-electron chi connectivity index (χ4n) is 1.15. The quantitative estimate of drug-likeness (QED) is 0.367. The van der Waals surface area contributed by atoms with Crippen molar-refractivity contribution in [1.29, 1.82) is 0 Å². The van der Waals surface area contributed by atoms with Crippen molar-refractivity contribution in [1.82, 2.24) is 0 Å². The molecule has 0 rings (SSSR count). The van der Waals surface area contributed by atoms with E-state index in [0.29, 0.717) is 13.2 Å². The standard InChI is InChI=1S/C9H21O4Si.Y/c1-5-7-13-8-6-9-14(10-2,11-3)12-4;/h1,5-9H2,2-4H3;/q-1;+3. The molecule has 0 aliphatic carbocycles. The van der Waals surface area contributed by atoms with Crippen molar-refractivity contribution in [3.63, 3.8) is 0 Å². The zero-order valence-electron chi connectivity index (χ0n) is 9.95. The minimum atomic E-state index is -2.37. The number of ether oxygens (including phenoxy) is 1. The third-order valence-corrected chi connectivity index (χ3v) is 4.83. The van der Waals surface area contributed by atoms with E-state index in [1.807, 2.05) is 0 Å². The van der Waals surface area contributed by atoms with Crippen LogP contribution in [0.15, 0.2) is 0 Å². The molecule has 0 aromatic carbocycles. The van der Waals surface area contributed by atoms with Crippen LogP contribution in [0.25, 0.3) is 0 Å². The predicted molar refractivity (Wildman–Crippen MR) is 57.0 cm³/mol. The van der Waals surface area contributed by atoms with Gasteiger partial charge in [0.15, 0.2) is 0 Å². The van der Waals surface area contributed by atoms with Gasteiger partial charge in [-0.2, -0.15) is 6.42 Å². The molecule has 0 bridgehead atoms. The maximum atomic E-state index is 5.30. The first-order valence-corrected chi connectivity index (χ1v) is 6.70. The van der Waals surface area contributed by atoms with Crippen molar-refractivity contribution in [2.24, 2.45) is 0 Å². The Hall–Kier alpha value is 1.16. The molecule has 6 heteroatoms. The summed E-state index contributed by atoms with van der Waals surface area (Å²) >= 11 is 0. The van der Waals surface area contributed by atoms with Gasteiger partial charge in [0.25, 0.3) is 0 Å². The second-order valence-electron chi connectivity index (χ2n) is 2.86. The van der Waals surface area contributed by atoms with Crippen molar-refractivity contribution in [3.8, 4) is 0 Å². The van der Waals surface area contributed by atoms with Gasteiger partial charge in [0.2, 0.25) is 0 Å². The molecule has 0 amide bonds. The van der Waals surface area contributed by atoms with Crippen molar-refractivity contribution in [2.75, 3.05) is 34.5 Å². The topological polar surface area (TPSA) is 36.9 Å². The summed E-state index contributed by atoms with van der Waals surface area (Å²) in [6.07, 6.45) is 1.70.